The Balaban J connectivity index is 1.92. The second-order valence-corrected chi connectivity index (χ2v) is 3.59. The van der Waals surface area contributed by atoms with Crippen molar-refractivity contribution >= 4 is 5.69 Å². The molecule has 0 bridgehead atoms. The van der Waals surface area contributed by atoms with Gasteiger partial charge >= 0.3 is 6.36 Å². The van der Waals surface area contributed by atoms with Gasteiger partial charge in [-0.05, 0) is 36.4 Å². The topological polar surface area (TPSA) is 30.5 Å². The average molecular weight is 269 g/mol. The Hall–Kier alpha value is -2.37. The zero-order valence-corrected chi connectivity index (χ0v) is 9.65. The fraction of sp³-hybridized carbons (Fsp3) is 0.0769. The van der Waals surface area contributed by atoms with E-state index in [1.165, 1.54) is 24.3 Å². The molecule has 19 heavy (non-hydrogen) atoms. The zero-order chi connectivity index (χ0) is 13.7. The average Bonchev–Trinajstić information content (AvgIpc) is 2.37. The summed E-state index contributed by atoms with van der Waals surface area (Å²) in [4.78, 5) is 5.22. The molecule has 100 valence electrons. The van der Waals surface area contributed by atoms with Crippen LogP contribution in [0.4, 0.5) is 18.9 Å². The third kappa shape index (κ3) is 4.42. The van der Waals surface area contributed by atoms with Crippen LogP contribution >= 0.6 is 0 Å². The molecule has 0 saturated heterocycles. The van der Waals surface area contributed by atoms with Gasteiger partial charge in [-0.25, -0.2) is 5.48 Å². The van der Waals surface area contributed by atoms with Gasteiger partial charge in [0.05, 0.1) is 5.69 Å². The molecule has 0 aliphatic carbocycles. The van der Waals surface area contributed by atoms with Gasteiger partial charge in [0.15, 0.2) is 5.75 Å². The Kier molecular flexibility index (Phi) is 3.79. The van der Waals surface area contributed by atoms with E-state index in [-0.39, 0.29) is 5.75 Å². The molecule has 0 amide bonds. The lowest BCUT2D eigenvalue weighted by Gasteiger charge is -2.10. The van der Waals surface area contributed by atoms with Crippen molar-refractivity contribution in [1.29, 1.82) is 0 Å². The highest BCUT2D eigenvalue weighted by Gasteiger charge is 2.30. The Morgan fingerprint density at radius 3 is 2.00 bits per heavy atom. The summed E-state index contributed by atoms with van der Waals surface area (Å²) in [6.07, 6.45) is -4.69. The van der Waals surface area contributed by atoms with Crippen LogP contribution in [-0.2, 0) is 0 Å². The molecule has 0 spiro atoms. The molecule has 0 unspecified atom stereocenters. The van der Waals surface area contributed by atoms with Crippen LogP contribution in [-0.4, -0.2) is 6.36 Å². The van der Waals surface area contributed by atoms with E-state index >= 15 is 0 Å². The molecule has 0 heterocycles. The maximum Gasteiger partial charge on any atom is 0.573 e. The van der Waals surface area contributed by atoms with Crippen LogP contribution in [0.1, 0.15) is 0 Å². The van der Waals surface area contributed by atoms with Gasteiger partial charge in [-0.2, -0.15) is 0 Å². The first-order valence-corrected chi connectivity index (χ1v) is 5.37. The quantitative estimate of drug-likeness (QED) is 0.851. The molecular formula is C13H10F3NO2. The molecule has 0 saturated carbocycles. The number of hydrogen-bond donors (Lipinski definition) is 1. The summed E-state index contributed by atoms with van der Waals surface area (Å²) in [6.45, 7) is 0. The van der Waals surface area contributed by atoms with Gasteiger partial charge in [-0.3, -0.25) is 0 Å². The monoisotopic (exact) mass is 269 g/mol. The summed E-state index contributed by atoms with van der Waals surface area (Å²) >= 11 is 0. The third-order valence-electron chi connectivity index (χ3n) is 2.12. The summed E-state index contributed by atoms with van der Waals surface area (Å²) < 4.78 is 39.6. The largest absolute Gasteiger partial charge is 0.573 e. The lowest BCUT2D eigenvalue weighted by Crippen LogP contribution is -2.17. The van der Waals surface area contributed by atoms with Crippen molar-refractivity contribution in [2.24, 2.45) is 0 Å². The first kappa shape index (κ1) is 13.1. The molecule has 0 aliphatic rings. The van der Waals surface area contributed by atoms with Gasteiger partial charge in [-0.15, -0.1) is 13.2 Å². The van der Waals surface area contributed by atoms with E-state index in [9.17, 15) is 13.2 Å². The van der Waals surface area contributed by atoms with Crippen LogP contribution in [0.3, 0.4) is 0 Å². The van der Waals surface area contributed by atoms with E-state index in [1.807, 2.05) is 6.07 Å². The molecule has 0 fully saturated rings. The van der Waals surface area contributed by atoms with Gasteiger partial charge < -0.3 is 9.57 Å². The summed E-state index contributed by atoms with van der Waals surface area (Å²) in [5.74, 6) is 0.316. The third-order valence-corrected chi connectivity index (χ3v) is 2.12. The first-order chi connectivity index (χ1) is 9.03. The lowest BCUT2D eigenvalue weighted by molar-refractivity contribution is -0.274. The minimum absolute atomic E-state index is 0.280. The minimum Gasteiger partial charge on any atom is -0.406 e. The van der Waals surface area contributed by atoms with Crippen molar-refractivity contribution in [3.8, 4) is 11.5 Å². The number of nitrogens with one attached hydrogen (secondary N) is 1. The maximum absolute atomic E-state index is 11.9. The summed E-state index contributed by atoms with van der Waals surface area (Å²) in [6, 6.07) is 14.2. The van der Waals surface area contributed by atoms with Crippen molar-refractivity contribution in [3.63, 3.8) is 0 Å². The number of benzene rings is 2. The number of anilines is 1. The molecule has 2 aromatic rings. The predicted octanol–water partition coefficient (Wildman–Crippen LogP) is 3.99. The Morgan fingerprint density at radius 2 is 1.42 bits per heavy atom. The number of ether oxygens (including phenoxy) is 1. The van der Waals surface area contributed by atoms with Crippen LogP contribution < -0.4 is 15.1 Å². The Morgan fingerprint density at radius 1 is 0.789 bits per heavy atom. The van der Waals surface area contributed by atoms with Crippen LogP contribution in [0.15, 0.2) is 54.6 Å². The highest BCUT2D eigenvalue weighted by Crippen LogP contribution is 2.24. The molecule has 0 atom stereocenters. The molecule has 0 aromatic heterocycles. The SMILES string of the molecule is FC(F)(F)Oc1ccc(NOc2ccccc2)cc1. The maximum atomic E-state index is 11.9. The molecular weight excluding hydrogens is 259 g/mol. The molecule has 3 nitrogen and oxygen atoms in total. The number of para-hydroxylation sites is 1. The predicted molar refractivity (Wildman–Crippen MR) is 63.8 cm³/mol. The Bertz CT molecular complexity index is 512. The number of alkyl halides is 3. The van der Waals surface area contributed by atoms with Crippen molar-refractivity contribution in [3.05, 3.63) is 54.6 Å². The highest BCUT2D eigenvalue weighted by molar-refractivity contribution is 5.45. The molecule has 2 rings (SSSR count). The number of rotatable bonds is 4. The highest BCUT2D eigenvalue weighted by atomic mass is 19.4. The molecule has 6 heteroatoms. The Labute approximate surface area is 107 Å². The van der Waals surface area contributed by atoms with E-state index in [0.717, 1.165) is 0 Å². The fourth-order valence-corrected chi connectivity index (χ4v) is 1.33. The molecule has 1 N–H and O–H groups in total. The van der Waals surface area contributed by atoms with Crippen molar-refractivity contribution in [2.75, 3.05) is 5.48 Å². The smallest absolute Gasteiger partial charge is 0.406 e. The van der Waals surface area contributed by atoms with E-state index in [4.69, 9.17) is 4.84 Å². The second kappa shape index (κ2) is 5.51. The molecule has 0 radical (unpaired) electrons. The standard InChI is InChI=1S/C13H10F3NO2/c14-13(15,16)18-11-8-6-10(7-9-11)17-19-12-4-2-1-3-5-12/h1-9,17H. The van der Waals surface area contributed by atoms with Crippen molar-refractivity contribution in [2.45, 2.75) is 6.36 Å². The van der Waals surface area contributed by atoms with Crippen molar-refractivity contribution in [1.82, 2.24) is 0 Å². The van der Waals surface area contributed by atoms with Gasteiger partial charge in [0.1, 0.15) is 5.75 Å². The summed E-state index contributed by atoms with van der Waals surface area (Å²) in [5.41, 5.74) is 3.13. The number of hydrogen-bond acceptors (Lipinski definition) is 3. The number of halogens is 3. The van der Waals surface area contributed by atoms with Gasteiger partial charge in [0.25, 0.3) is 0 Å². The first-order valence-electron chi connectivity index (χ1n) is 5.37. The minimum atomic E-state index is -4.69. The van der Waals surface area contributed by atoms with Crippen LogP contribution in [0.5, 0.6) is 11.5 Å². The van der Waals surface area contributed by atoms with E-state index in [0.29, 0.717) is 11.4 Å². The van der Waals surface area contributed by atoms with E-state index in [1.54, 1.807) is 24.3 Å². The van der Waals surface area contributed by atoms with Gasteiger partial charge in [0, 0.05) is 0 Å². The van der Waals surface area contributed by atoms with Crippen LogP contribution in [0.2, 0.25) is 0 Å². The van der Waals surface area contributed by atoms with Gasteiger partial charge in [-0.1, -0.05) is 18.2 Å². The normalized spacial score (nSPS) is 10.9. The van der Waals surface area contributed by atoms with Crippen LogP contribution in [0, 0.1) is 0 Å². The van der Waals surface area contributed by atoms with Gasteiger partial charge in [0.2, 0.25) is 0 Å². The molecule has 2 aromatic carbocycles. The second-order valence-electron chi connectivity index (χ2n) is 3.59. The molecule has 0 aliphatic heterocycles. The lowest BCUT2D eigenvalue weighted by atomic mass is 10.3. The summed E-state index contributed by atoms with van der Waals surface area (Å²) in [7, 11) is 0. The zero-order valence-electron chi connectivity index (χ0n) is 9.65. The van der Waals surface area contributed by atoms with E-state index in [2.05, 4.69) is 10.2 Å². The van der Waals surface area contributed by atoms with Crippen molar-refractivity contribution < 1.29 is 22.7 Å². The van der Waals surface area contributed by atoms with E-state index < -0.39 is 6.36 Å². The van der Waals surface area contributed by atoms with Crippen LogP contribution in [0.25, 0.3) is 0 Å². The fourth-order valence-electron chi connectivity index (χ4n) is 1.33. The summed E-state index contributed by atoms with van der Waals surface area (Å²) in [5, 5.41) is 0.